The summed E-state index contributed by atoms with van der Waals surface area (Å²) in [5.74, 6) is 2.94. The van der Waals surface area contributed by atoms with E-state index in [4.69, 9.17) is 4.43 Å². The fraction of sp³-hybridized carbons (Fsp3) is 0.828. The minimum absolute atomic E-state index is 0.163. The van der Waals surface area contributed by atoms with Gasteiger partial charge in [0.05, 0.1) is 0 Å². The van der Waals surface area contributed by atoms with E-state index < -0.39 is 8.32 Å². The van der Waals surface area contributed by atoms with Crippen LogP contribution in [0.5, 0.6) is 0 Å². The van der Waals surface area contributed by atoms with Crippen LogP contribution in [0.2, 0.25) is 18.1 Å². The first-order valence-corrected chi connectivity index (χ1v) is 16.2. The van der Waals surface area contributed by atoms with Crippen LogP contribution in [-0.4, -0.2) is 20.2 Å². The second kappa shape index (κ2) is 7.94. The highest BCUT2D eigenvalue weighted by Crippen LogP contribution is 2.66. The molecule has 0 spiro atoms. The van der Waals surface area contributed by atoms with E-state index in [-0.39, 0.29) is 16.4 Å². The minimum Gasteiger partial charge on any atom is -0.414 e. The lowest BCUT2D eigenvalue weighted by Crippen LogP contribution is -2.52. The molecule has 0 N–H and O–H groups in total. The van der Waals surface area contributed by atoms with Gasteiger partial charge < -0.3 is 4.43 Å². The summed E-state index contributed by atoms with van der Waals surface area (Å²) in [7, 11) is -1.74. The Labute approximate surface area is 198 Å². The molecule has 3 fully saturated rings. The number of carbonyl (C=O) groups is 1. The number of Topliss-reactive ketones (excluding diaryl/α,β-unsaturated/α-hetero) is 1. The molecule has 180 valence electrons. The van der Waals surface area contributed by atoms with E-state index in [1.54, 1.807) is 5.57 Å². The maximum atomic E-state index is 13.2. The van der Waals surface area contributed by atoms with E-state index in [0.717, 1.165) is 18.8 Å². The molecule has 3 heteroatoms. The monoisotopic (exact) mass is 456 g/mol. The van der Waals surface area contributed by atoms with Gasteiger partial charge in [-0.15, -0.1) is 6.58 Å². The van der Waals surface area contributed by atoms with Crippen LogP contribution in [0.4, 0.5) is 0 Å². The predicted octanol–water partition coefficient (Wildman–Crippen LogP) is 7.96. The lowest BCUT2D eigenvalue weighted by molar-refractivity contribution is -0.123. The highest BCUT2D eigenvalue weighted by molar-refractivity contribution is 6.74. The van der Waals surface area contributed by atoms with Crippen LogP contribution < -0.4 is 0 Å². The molecule has 0 unspecified atom stereocenters. The average molecular weight is 457 g/mol. The summed E-state index contributed by atoms with van der Waals surface area (Å²) in [6.07, 6.45) is 13.1. The Balaban J connectivity index is 1.55. The molecule has 0 bridgehead atoms. The van der Waals surface area contributed by atoms with E-state index in [2.05, 4.69) is 67.3 Å². The van der Waals surface area contributed by atoms with E-state index in [0.29, 0.717) is 35.1 Å². The molecule has 4 aliphatic carbocycles. The Hall–Kier alpha value is -0.673. The molecule has 2 nitrogen and oxygen atoms in total. The fourth-order valence-electron chi connectivity index (χ4n) is 8.18. The van der Waals surface area contributed by atoms with Crippen LogP contribution in [0.3, 0.4) is 0 Å². The van der Waals surface area contributed by atoms with Gasteiger partial charge in [-0.25, -0.2) is 0 Å². The highest BCUT2D eigenvalue weighted by Gasteiger charge is 2.61. The summed E-state index contributed by atoms with van der Waals surface area (Å²) in [5, 5.41) is 0.266. The Bertz CT molecular complexity index is 804. The molecule has 8 atom stereocenters. The van der Waals surface area contributed by atoms with Crippen molar-refractivity contribution in [1.82, 2.24) is 0 Å². The number of hydrogen-bond donors (Lipinski definition) is 0. The van der Waals surface area contributed by atoms with Crippen molar-refractivity contribution in [1.29, 1.82) is 0 Å². The first-order chi connectivity index (χ1) is 14.7. The van der Waals surface area contributed by atoms with Gasteiger partial charge in [0.2, 0.25) is 0 Å². The van der Waals surface area contributed by atoms with Crippen molar-refractivity contribution in [3.8, 4) is 0 Å². The number of fused-ring (bicyclic) bond motifs is 5. The van der Waals surface area contributed by atoms with Crippen molar-refractivity contribution in [3.63, 3.8) is 0 Å². The maximum absolute atomic E-state index is 13.2. The van der Waals surface area contributed by atoms with Crippen LogP contribution in [-0.2, 0) is 9.22 Å². The molecule has 0 amide bonds. The molecule has 4 rings (SSSR count). The first-order valence-electron chi connectivity index (χ1n) is 13.3. The third-order valence-electron chi connectivity index (χ3n) is 11.1. The lowest BCUT2D eigenvalue weighted by atomic mass is 9.47. The summed E-state index contributed by atoms with van der Waals surface area (Å²) in [6, 6.07) is 0. The zero-order valence-corrected chi connectivity index (χ0v) is 23.1. The van der Waals surface area contributed by atoms with Gasteiger partial charge in [-0.05, 0) is 91.2 Å². The second-order valence-corrected chi connectivity index (χ2v) is 18.5. The maximum Gasteiger partial charge on any atom is 0.192 e. The zero-order valence-electron chi connectivity index (χ0n) is 22.1. The lowest BCUT2D eigenvalue weighted by Gasteiger charge is -2.58. The van der Waals surface area contributed by atoms with E-state index in [1.165, 1.54) is 32.1 Å². The fourth-order valence-corrected chi connectivity index (χ4v) is 9.57. The van der Waals surface area contributed by atoms with Gasteiger partial charge in [0, 0.05) is 18.4 Å². The number of hydrogen-bond acceptors (Lipinski definition) is 2. The molecule has 0 saturated heterocycles. The van der Waals surface area contributed by atoms with Crippen molar-refractivity contribution < 1.29 is 9.22 Å². The summed E-state index contributed by atoms with van der Waals surface area (Å²) in [4.78, 5) is 13.2. The van der Waals surface area contributed by atoms with Gasteiger partial charge in [0.1, 0.15) is 5.78 Å². The SMILES string of the molecule is C=C[C@@H](C)[C@H]1C(=O)C[C@H]2[C@@H]3CC=C4C[C@@H](O[Si](C)(C)C(C)(C)C)CC[C@]4(C)[C@H]3CC[C@]12C. The molecule has 0 heterocycles. The molecular formula is C29H48O2Si. The second-order valence-electron chi connectivity index (χ2n) is 13.8. The van der Waals surface area contributed by atoms with E-state index in [1.807, 2.05) is 6.08 Å². The molecule has 0 radical (unpaired) electrons. The third-order valence-corrected chi connectivity index (χ3v) is 15.7. The molecule has 0 aromatic heterocycles. The van der Waals surface area contributed by atoms with Crippen LogP contribution >= 0.6 is 0 Å². The zero-order chi connectivity index (χ0) is 23.7. The van der Waals surface area contributed by atoms with Gasteiger partial charge in [0.25, 0.3) is 0 Å². The topological polar surface area (TPSA) is 26.3 Å². The number of carbonyl (C=O) groups excluding carboxylic acids is 1. The Morgan fingerprint density at radius 2 is 1.84 bits per heavy atom. The summed E-state index contributed by atoms with van der Waals surface area (Å²) < 4.78 is 6.87. The van der Waals surface area contributed by atoms with Crippen LogP contribution in [0.25, 0.3) is 0 Å². The van der Waals surface area contributed by atoms with Crippen LogP contribution in [0.1, 0.15) is 86.5 Å². The predicted molar refractivity (Wildman–Crippen MR) is 137 cm³/mol. The summed E-state index contributed by atoms with van der Waals surface area (Å²) in [6.45, 7) is 23.1. The Morgan fingerprint density at radius 1 is 1.16 bits per heavy atom. The highest BCUT2D eigenvalue weighted by atomic mass is 28.4. The van der Waals surface area contributed by atoms with Gasteiger partial charge in [-0.2, -0.15) is 0 Å². The molecule has 4 aliphatic rings. The van der Waals surface area contributed by atoms with Crippen molar-refractivity contribution in [2.24, 2.45) is 40.4 Å². The van der Waals surface area contributed by atoms with Gasteiger partial charge in [0.15, 0.2) is 8.32 Å². The normalized spacial score (nSPS) is 43.1. The first kappa shape index (κ1) is 24.5. The largest absolute Gasteiger partial charge is 0.414 e. The molecule has 3 saturated carbocycles. The molecule has 32 heavy (non-hydrogen) atoms. The molecule has 0 aliphatic heterocycles. The van der Waals surface area contributed by atoms with E-state index in [9.17, 15) is 4.79 Å². The molecular weight excluding hydrogens is 408 g/mol. The molecule has 0 aromatic rings. The molecule has 0 aromatic carbocycles. The Kier molecular flexibility index (Phi) is 6.06. The van der Waals surface area contributed by atoms with E-state index >= 15 is 0 Å². The minimum atomic E-state index is -1.74. The summed E-state index contributed by atoms with van der Waals surface area (Å²) >= 11 is 0. The average Bonchev–Trinajstić information content (AvgIpc) is 2.96. The van der Waals surface area contributed by atoms with Crippen LogP contribution in [0, 0.1) is 40.4 Å². The third kappa shape index (κ3) is 3.65. The Morgan fingerprint density at radius 3 is 2.47 bits per heavy atom. The van der Waals surface area contributed by atoms with Gasteiger partial charge in [-0.3, -0.25) is 4.79 Å². The number of allylic oxidation sites excluding steroid dienone is 2. The smallest absolute Gasteiger partial charge is 0.192 e. The van der Waals surface area contributed by atoms with Crippen molar-refractivity contribution in [2.45, 2.75) is 111 Å². The van der Waals surface area contributed by atoms with Crippen LogP contribution in [0.15, 0.2) is 24.3 Å². The number of rotatable bonds is 4. The standard InChI is InChI=1S/C29H48O2Si/c1-10-19(2)26-25(30)18-24-22-12-11-20-17-21(31-32(8,9)27(3,4)5)13-15-28(20,6)23(22)14-16-29(24,26)7/h10-11,19,21-24,26H,1,12-18H2,2-9H3/t19-,21+,22-,23+,24+,26+,28+,29+/m1/s1. The van der Waals surface area contributed by atoms with Gasteiger partial charge >= 0.3 is 0 Å². The van der Waals surface area contributed by atoms with Crippen molar-refractivity contribution >= 4 is 14.1 Å². The van der Waals surface area contributed by atoms with Crippen molar-refractivity contribution in [3.05, 3.63) is 24.3 Å². The van der Waals surface area contributed by atoms with Gasteiger partial charge in [-0.1, -0.05) is 59.3 Å². The quantitative estimate of drug-likeness (QED) is 0.317. The number of ketones is 1. The van der Waals surface area contributed by atoms with Crippen molar-refractivity contribution in [2.75, 3.05) is 0 Å². The summed E-state index contributed by atoms with van der Waals surface area (Å²) in [5.41, 5.74) is 2.15.